The molecule has 0 spiro atoms. The van der Waals surface area contributed by atoms with Gasteiger partial charge in [0.2, 0.25) is 0 Å². The van der Waals surface area contributed by atoms with Crippen molar-refractivity contribution in [1.82, 2.24) is 5.32 Å². The molecule has 1 aliphatic rings. The van der Waals surface area contributed by atoms with Gasteiger partial charge in [0.25, 0.3) is 0 Å². The van der Waals surface area contributed by atoms with Gasteiger partial charge in [-0.1, -0.05) is 42.5 Å². The van der Waals surface area contributed by atoms with Gasteiger partial charge in [-0.05, 0) is 43.0 Å². The molecule has 3 rings (SSSR count). The number of benzene rings is 2. The number of hydrogen-bond donors (Lipinski definition) is 1. The summed E-state index contributed by atoms with van der Waals surface area (Å²) in [7, 11) is 0. The molecule has 0 aromatic heterocycles. The third kappa shape index (κ3) is 4.15. The van der Waals surface area contributed by atoms with Crippen molar-refractivity contribution < 1.29 is 15.7 Å². The molecule has 0 unspecified atom stereocenters. The normalized spacial score (nSPS) is 19.9. The van der Waals surface area contributed by atoms with Crippen molar-refractivity contribution in [3.05, 3.63) is 65.7 Å². The van der Waals surface area contributed by atoms with Crippen molar-refractivity contribution >= 4 is 5.97 Å². The Balaban J connectivity index is 0.00000225. The minimum atomic E-state index is -0.191. The maximum Gasteiger partial charge on any atom is 0.323 e. The maximum atomic E-state index is 11.8. The number of hydrogen-bond acceptors (Lipinski definition) is 4. The first kappa shape index (κ1) is 16.5. The Bertz CT molecular complexity index is 660. The van der Waals surface area contributed by atoms with Crippen molar-refractivity contribution in [2.75, 3.05) is 6.61 Å². The van der Waals surface area contributed by atoms with Gasteiger partial charge in [-0.3, -0.25) is 10.1 Å². The second-order valence-electron chi connectivity index (χ2n) is 5.94. The molecule has 1 fully saturated rings. The SMILES string of the molecule is CCOC(=O)[C@H]1CC[C@@H](c2ccc(OCc3ccccc3)cc2)N1.[HH]. The first-order chi connectivity index (χ1) is 11.8. The van der Waals surface area contributed by atoms with E-state index in [1.165, 1.54) is 5.56 Å². The molecule has 2 aromatic rings. The summed E-state index contributed by atoms with van der Waals surface area (Å²) in [6, 6.07) is 18.2. The maximum absolute atomic E-state index is 11.8. The molecule has 128 valence electrons. The highest BCUT2D eigenvalue weighted by molar-refractivity contribution is 5.76. The Morgan fingerprint density at radius 2 is 1.88 bits per heavy atom. The van der Waals surface area contributed by atoms with Crippen molar-refractivity contribution in [1.29, 1.82) is 0 Å². The molecule has 4 heteroatoms. The second kappa shape index (κ2) is 7.97. The van der Waals surface area contributed by atoms with Gasteiger partial charge in [0.15, 0.2) is 0 Å². The van der Waals surface area contributed by atoms with Crippen LogP contribution >= 0.6 is 0 Å². The largest absolute Gasteiger partial charge is 0.489 e. The summed E-state index contributed by atoms with van der Waals surface area (Å²) in [5.41, 5.74) is 2.32. The third-order valence-corrected chi connectivity index (χ3v) is 4.25. The zero-order valence-corrected chi connectivity index (χ0v) is 13.9. The molecule has 0 bridgehead atoms. The first-order valence-electron chi connectivity index (χ1n) is 8.45. The Labute approximate surface area is 144 Å². The van der Waals surface area contributed by atoms with Gasteiger partial charge in [-0.2, -0.15) is 0 Å². The van der Waals surface area contributed by atoms with Gasteiger partial charge in [0.05, 0.1) is 6.61 Å². The van der Waals surface area contributed by atoms with Crippen LogP contribution in [0, 0.1) is 0 Å². The molecule has 1 heterocycles. The molecule has 1 N–H and O–H groups in total. The molecule has 2 aromatic carbocycles. The zero-order chi connectivity index (χ0) is 16.8. The monoisotopic (exact) mass is 327 g/mol. The fourth-order valence-corrected chi connectivity index (χ4v) is 2.97. The average molecular weight is 327 g/mol. The van der Waals surface area contributed by atoms with E-state index in [0.717, 1.165) is 24.2 Å². The zero-order valence-electron chi connectivity index (χ0n) is 13.9. The summed E-state index contributed by atoms with van der Waals surface area (Å²) in [4.78, 5) is 11.8. The third-order valence-electron chi connectivity index (χ3n) is 4.25. The Morgan fingerprint density at radius 1 is 1.12 bits per heavy atom. The Morgan fingerprint density at radius 3 is 2.58 bits per heavy atom. The van der Waals surface area contributed by atoms with Crippen molar-refractivity contribution in [3.63, 3.8) is 0 Å². The fraction of sp³-hybridized carbons (Fsp3) is 0.350. The number of nitrogens with one attached hydrogen (secondary N) is 1. The molecule has 0 aliphatic carbocycles. The van der Waals surface area contributed by atoms with Gasteiger partial charge in [0.1, 0.15) is 18.4 Å². The van der Waals surface area contributed by atoms with E-state index >= 15 is 0 Å². The minimum Gasteiger partial charge on any atom is -0.489 e. The highest BCUT2D eigenvalue weighted by atomic mass is 16.5. The predicted octanol–water partition coefficient (Wildman–Crippen LogP) is 3.87. The summed E-state index contributed by atoms with van der Waals surface area (Å²) in [5, 5.41) is 3.35. The van der Waals surface area contributed by atoms with Crippen LogP contribution in [0.15, 0.2) is 54.6 Å². The number of ether oxygens (including phenoxy) is 2. The summed E-state index contributed by atoms with van der Waals surface area (Å²) in [6.45, 7) is 2.82. The van der Waals surface area contributed by atoms with Crippen LogP contribution in [0.2, 0.25) is 0 Å². The van der Waals surface area contributed by atoms with Crippen molar-refractivity contribution in [2.45, 2.75) is 38.5 Å². The molecular formula is C20H25NO3. The van der Waals surface area contributed by atoms with Crippen LogP contribution in [-0.2, 0) is 16.1 Å². The van der Waals surface area contributed by atoms with Crippen LogP contribution in [0.1, 0.15) is 38.4 Å². The van der Waals surface area contributed by atoms with Gasteiger partial charge in [0, 0.05) is 7.47 Å². The lowest BCUT2D eigenvalue weighted by Crippen LogP contribution is -2.33. The van der Waals surface area contributed by atoms with Crippen LogP contribution in [0.5, 0.6) is 5.75 Å². The van der Waals surface area contributed by atoms with Crippen molar-refractivity contribution in [3.8, 4) is 5.75 Å². The lowest BCUT2D eigenvalue weighted by atomic mass is 10.1. The van der Waals surface area contributed by atoms with Gasteiger partial charge in [-0.15, -0.1) is 0 Å². The fourth-order valence-electron chi connectivity index (χ4n) is 2.97. The summed E-state index contributed by atoms with van der Waals surface area (Å²) in [5.74, 6) is 0.699. The lowest BCUT2D eigenvalue weighted by molar-refractivity contribution is -0.145. The number of carbonyl (C=O) groups excluding carboxylic acids is 1. The van der Waals surface area contributed by atoms with E-state index in [9.17, 15) is 4.79 Å². The highest BCUT2D eigenvalue weighted by Gasteiger charge is 2.30. The molecule has 0 radical (unpaired) electrons. The summed E-state index contributed by atoms with van der Waals surface area (Å²) in [6.07, 6.45) is 1.75. The predicted molar refractivity (Wildman–Crippen MR) is 94.9 cm³/mol. The van der Waals surface area contributed by atoms with E-state index in [2.05, 4.69) is 17.4 Å². The van der Waals surface area contributed by atoms with E-state index < -0.39 is 0 Å². The lowest BCUT2D eigenvalue weighted by Gasteiger charge is -2.14. The van der Waals surface area contributed by atoms with Crippen LogP contribution < -0.4 is 10.1 Å². The van der Waals surface area contributed by atoms with E-state index in [1.807, 2.05) is 49.4 Å². The van der Waals surface area contributed by atoms with E-state index in [0.29, 0.717) is 13.2 Å². The summed E-state index contributed by atoms with van der Waals surface area (Å²) >= 11 is 0. The van der Waals surface area contributed by atoms with Crippen LogP contribution in [-0.4, -0.2) is 18.6 Å². The summed E-state index contributed by atoms with van der Waals surface area (Å²) < 4.78 is 10.9. The second-order valence-corrected chi connectivity index (χ2v) is 5.94. The molecular weight excluding hydrogens is 302 g/mol. The van der Waals surface area contributed by atoms with Gasteiger partial charge in [-0.25, -0.2) is 0 Å². The Hall–Kier alpha value is -2.33. The van der Waals surface area contributed by atoms with Crippen LogP contribution in [0.25, 0.3) is 0 Å². The molecule has 1 aliphatic heterocycles. The van der Waals surface area contributed by atoms with E-state index in [-0.39, 0.29) is 19.5 Å². The standard InChI is InChI=1S/C20H23NO3.H2/c1-2-23-20(22)19-13-12-18(21-19)16-8-10-17(11-9-16)24-14-15-6-4-3-5-7-15;/h3-11,18-19,21H,2,12-14H2,1H3;1H/t18-,19+;/m0./s1. The molecule has 4 nitrogen and oxygen atoms in total. The quantitative estimate of drug-likeness (QED) is 0.818. The number of carbonyl (C=O) groups is 1. The molecule has 2 atom stereocenters. The molecule has 1 saturated heterocycles. The number of rotatable bonds is 6. The molecule has 0 amide bonds. The topological polar surface area (TPSA) is 47.6 Å². The van der Waals surface area contributed by atoms with Crippen LogP contribution in [0.4, 0.5) is 0 Å². The first-order valence-corrected chi connectivity index (χ1v) is 8.45. The van der Waals surface area contributed by atoms with Gasteiger partial charge < -0.3 is 9.47 Å². The smallest absolute Gasteiger partial charge is 0.323 e. The Kier molecular flexibility index (Phi) is 5.49. The average Bonchev–Trinajstić information content (AvgIpc) is 3.12. The van der Waals surface area contributed by atoms with Crippen molar-refractivity contribution in [2.24, 2.45) is 0 Å². The molecule has 24 heavy (non-hydrogen) atoms. The van der Waals surface area contributed by atoms with E-state index in [1.54, 1.807) is 0 Å². The van der Waals surface area contributed by atoms with Gasteiger partial charge >= 0.3 is 5.97 Å². The highest BCUT2D eigenvalue weighted by Crippen LogP contribution is 2.28. The van der Waals surface area contributed by atoms with Crippen LogP contribution in [0.3, 0.4) is 0 Å². The minimum absolute atomic E-state index is 0. The number of esters is 1. The van der Waals surface area contributed by atoms with E-state index in [4.69, 9.17) is 9.47 Å². The molecule has 0 saturated carbocycles.